The standard InChI is InChI=1S/C13H22N4/c1-2-12-6-4-3-5-9-17(12)13-8-7-11(10-14)15-16-13/h7-8,12H,2-6,9-10,14H2,1H3. The fraction of sp³-hybridized carbons (Fsp3) is 0.692. The molecule has 2 N–H and O–H groups in total. The summed E-state index contributed by atoms with van der Waals surface area (Å²) in [6.45, 7) is 3.82. The van der Waals surface area contributed by atoms with Gasteiger partial charge in [-0.3, -0.25) is 0 Å². The van der Waals surface area contributed by atoms with Gasteiger partial charge < -0.3 is 10.6 Å². The average Bonchev–Trinajstić information content (AvgIpc) is 2.64. The van der Waals surface area contributed by atoms with E-state index in [1.165, 1.54) is 32.1 Å². The Morgan fingerprint density at radius 1 is 1.29 bits per heavy atom. The Morgan fingerprint density at radius 2 is 2.18 bits per heavy atom. The van der Waals surface area contributed by atoms with E-state index in [1.54, 1.807) is 0 Å². The Bertz CT molecular complexity index is 336. The van der Waals surface area contributed by atoms with Gasteiger partial charge in [-0.25, -0.2) is 0 Å². The second-order valence-corrected chi connectivity index (χ2v) is 4.69. The summed E-state index contributed by atoms with van der Waals surface area (Å²) in [6.07, 6.45) is 6.39. The van der Waals surface area contributed by atoms with Gasteiger partial charge in [0.15, 0.2) is 5.82 Å². The van der Waals surface area contributed by atoms with Crippen LogP contribution in [0.4, 0.5) is 5.82 Å². The molecule has 1 saturated heterocycles. The summed E-state index contributed by atoms with van der Waals surface area (Å²) >= 11 is 0. The normalized spacial score (nSPS) is 21.3. The van der Waals surface area contributed by atoms with Crippen LogP contribution in [0.25, 0.3) is 0 Å². The van der Waals surface area contributed by atoms with E-state index in [1.807, 2.05) is 6.07 Å². The molecule has 1 aromatic heterocycles. The lowest BCUT2D eigenvalue weighted by Gasteiger charge is -2.29. The summed E-state index contributed by atoms with van der Waals surface area (Å²) < 4.78 is 0. The van der Waals surface area contributed by atoms with Crippen molar-refractivity contribution in [2.45, 2.75) is 51.6 Å². The van der Waals surface area contributed by atoms with E-state index in [4.69, 9.17) is 5.73 Å². The maximum atomic E-state index is 5.54. The highest BCUT2D eigenvalue weighted by atomic mass is 15.3. The van der Waals surface area contributed by atoms with Gasteiger partial charge in [-0.2, -0.15) is 5.10 Å². The zero-order chi connectivity index (χ0) is 12.1. The molecule has 2 heterocycles. The van der Waals surface area contributed by atoms with E-state index in [0.717, 1.165) is 18.1 Å². The molecule has 1 aliphatic rings. The zero-order valence-corrected chi connectivity index (χ0v) is 10.6. The molecule has 0 amide bonds. The van der Waals surface area contributed by atoms with Gasteiger partial charge in [-0.05, 0) is 31.4 Å². The molecule has 1 aliphatic heterocycles. The molecule has 0 radical (unpaired) electrons. The second-order valence-electron chi connectivity index (χ2n) is 4.69. The minimum atomic E-state index is 0.463. The van der Waals surface area contributed by atoms with Crippen LogP contribution in [-0.2, 0) is 6.54 Å². The Kier molecular flexibility index (Phi) is 4.31. The molecule has 4 heteroatoms. The van der Waals surface area contributed by atoms with Crippen molar-refractivity contribution in [2.24, 2.45) is 5.73 Å². The van der Waals surface area contributed by atoms with Crippen LogP contribution in [0.5, 0.6) is 0 Å². The number of aromatic nitrogens is 2. The molecule has 17 heavy (non-hydrogen) atoms. The third-order valence-electron chi connectivity index (χ3n) is 3.56. The van der Waals surface area contributed by atoms with E-state index in [2.05, 4.69) is 28.1 Å². The molecule has 0 aliphatic carbocycles. The molecule has 1 atom stereocenters. The first-order valence-corrected chi connectivity index (χ1v) is 6.64. The average molecular weight is 234 g/mol. The van der Waals surface area contributed by atoms with Gasteiger partial charge in [-0.1, -0.05) is 19.8 Å². The monoisotopic (exact) mass is 234 g/mol. The van der Waals surface area contributed by atoms with E-state index in [9.17, 15) is 0 Å². The molecule has 1 fully saturated rings. The van der Waals surface area contributed by atoms with Gasteiger partial charge in [0.05, 0.1) is 5.69 Å². The van der Waals surface area contributed by atoms with Gasteiger partial charge in [0.2, 0.25) is 0 Å². The third-order valence-corrected chi connectivity index (χ3v) is 3.56. The number of hydrogen-bond donors (Lipinski definition) is 1. The Labute approximate surface area is 103 Å². The molecule has 94 valence electrons. The van der Waals surface area contributed by atoms with Crippen molar-refractivity contribution in [3.63, 3.8) is 0 Å². The smallest absolute Gasteiger partial charge is 0.151 e. The molecule has 0 bridgehead atoms. The summed E-state index contributed by atoms with van der Waals surface area (Å²) in [5.74, 6) is 1.01. The predicted molar refractivity (Wildman–Crippen MR) is 69.8 cm³/mol. The fourth-order valence-corrected chi connectivity index (χ4v) is 2.52. The minimum absolute atomic E-state index is 0.463. The molecule has 0 spiro atoms. The minimum Gasteiger partial charge on any atom is -0.352 e. The lowest BCUT2D eigenvalue weighted by molar-refractivity contribution is 0.550. The van der Waals surface area contributed by atoms with E-state index in [-0.39, 0.29) is 0 Å². The van der Waals surface area contributed by atoms with Crippen molar-refractivity contribution in [1.82, 2.24) is 10.2 Å². The summed E-state index contributed by atoms with van der Waals surface area (Å²) in [5.41, 5.74) is 6.40. The fourth-order valence-electron chi connectivity index (χ4n) is 2.52. The van der Waals surface area contributed by atoms with E-state index < -0.39 is 0 Å². The highest BCUT2D eigenvalue weighted by Crippen LogP contribution is 2.23. The van der Waals surface area contributed by atoms with Crippen LogP contribution in [0.15, 0.2) is 12.1 Å². The van der Waals surface area contributed by atoms with Crippen molar-refractivity contribution in [2.75, 3.05) is 11.4 Å². The van der Waals surface area contributed by atoms with Gasteiger partial charge >= 0.3 is 0 Å². The highest BCUT2D eigenvalue weighted by molar-refractivity contribution is 5.39. The molecule has 2 rings (SSSR count). The third kappa shape index (κ3) is 2.94. The first-order chi connectivity index (χ1) is 8.35. The summed E-state index contributed by atoms with van der Waals surface area (Å²) in [6, 6.07) is 4.67. The first-order valence-electron chi connectivity index (χ1n) is 6.64. The summed E-state index contributed by atoms with van der Waals surface area (Å²) in [5, 5.41) is 8.46. The number of hydrogen-bond acceptors (Lipinski definition) is 4. The van der Waals surface area contributed by atoms with Crippen LogP contribution >= 0.6 is 0 Å². The van der Waals surface area contributed by atoms with Crippen molar-refractivity contribution in [1.29, 1.82) is 0 Å². The molecule has 1 aromatic rings. The lowest BCUT2D eigenvalue weighted by Crippen LogP contribution is -2.35. The van der Waals surface area contributed by atoms with Gasteiger partial charge in [0.25, 0.3) is 0 Å². The van der Waals surface area contributed by atoms with Gasteiger partial charge in [0, 0.05) is 19.1 Å². The number of rotatable bonds is 3. The maximum Gasteiger partial charge on any atom is 0.151 e. The molecule has 4 nitrogen and oxygen atoms in total. The molecular formula is C13H22N4. The van der Waals surface area contributed by atoms with Crippen LogP contribution in [0.3, 0.4) is 0 Å². The van der Waals surface area contributed by atoms with Crippen LogP contribution in [0.2, 0.25) is 0 Å². The number of anilines is 1. The van der Waals surface area contributed by atoms with Crippen molar-refractivity contribution in [3.05, 3.63) is 17.8 Å². The van der Waals surface area contributed by atoms with Crippen molar-refractivity contribution < 1.29 is 0 Å². The van der Waals surface area contributed by atoms with E-state index >= 15 is 0 Å². The quantitative estimate of drug-likeness (QED) is 0.870. The van der Waals surface area contributed by atoms with Crippen LogP contribution in [-0.4, -0.2) is 22.8 Å². The lowest BCUT2D eigenvalue weighted by atomic mass is 10.1. The Balaban J connectivity index is 2.16. The topological polar surface area (TPSA) is 55.0 Å². The van der Waals surface area contributed by atoms with Gasteiger partial charge in [-0.15, -0.1) is 5.10 Å². The Morgan fingerprint density at radius 3 is 2.82 bits per heavy atom. The van der Waals surface area contributed by atoms with Crippen LogP contribution in [0.1, 0.15) is 44.7 Å². The van der Waals surface area contributed by atoms with Crippen molar-refractivity contribution in [3.8, 4) is 0 Å². The maximum absolute atomic E-state index is 5.54. The van der Waals surface area contributed by atoms with Crippen molar-refractivity contribution >= 4 is 5.82 Å². The molecule has 1 unspecified atom stereocenters. The number of nitrogens with zero attached hydrogens (tertiary/aromatic N) is 3. The van der Waals surface area contributed by atoms with Crippen LogP contribution in [0, 0.1) is 0 Å². The number of nitrogens with two attached hydrogens (primary N) is 1. The first kappa shape index (κ1) is 12.3. The van der Waals surface area contributed by atoms with E-state index in [0.29, 0.717) is 12.6 Å². The summed E-state index contributed by atoms with van der Waals surface area (Å²) in [4.78, 5) is 2.42. The largest absolute Gasteiger partial charge is 0.352 e. The molecular weight excluding hydrogens is 212 g/mol. The SMILES string of the molecule is CCC1CCCCCN1c1ccc(CN)nn1. The molecule has 0 saturated carbocycles. The predicted octanol–water partition coefficient (Wildman–Crippen LogP) is 2.09. The Hall–Kier alpha value is -1.16. The van der Waals surface area contributed by atoms with Crippen LogP contribution < -0.4 is 10.6 Å². The zero-order valence-electron chi connectivity index (χ0n) is 10.6. The summed E-state index contributed by atoms with van der Waals surface area (Å²) in [7, 11) is 0. The van der Waals surface area contributed by atoms with Gasteiger partial charge in [0.1, 0.15) is 0 Å². The molecule has 0 aromatic carbocycles. The highest BCUT2D eigenvalue weighted by Gasteiger charge is 2.20. The second kappa shape index (κ2) is 5.96.